The van der Waals surface area contributed by atoms with Crippen molar-refractivity contribution in [2.75, 3.05) is 20.3 Å². The van der Waals surface area contributed by atoms with Crippen molar-refractivity contribution < 1.29 is 28.5 Å². The average Bonchev–Trinajstić information content (AvgIpc) is 2.74. The standard InChI is InChI=1S/C21H22Cl2N2O6/c1-4-29-20(26)12-30-18-7-5-14(9-19(18)28-3)11-24-25-21(27)13(2)31-17-8-6-15(22)10-16(17)23/h5-11,13H,4,12H2,1-3H3,(H,25,27)/b24-11+. The van der Waals surface area contributed by atoms with Gasteiger partial charge in [0.15, 0.2) is 24.2 Å². The fraction of sp³-hybridized carbons (Fsp3) is 0.286. The van der Waals surface area contributed by atoms with E-state index in [-0.39, 0.29) is 13.2 Å². The molecule has 8 nitrogen and oxygen atoms in total. The highest BCUT2D eigenvalue weighted by Gasteiger charge is 2.16. The molecule has 0 aromatic heterocycles. The number of ether oxygens (including phenoxy) is 4. The molecule has 0 saturated heterocycles. The van der Waals surface area contributed by atoms with Crippen LogP contribution < -0.4 is 19.6 Å². The van der Waals surface area contributed by atoms with E-state index >= 15 is 0 Å². The second kappa shape index (κ2) is 12.0. The molecule has 2 aromatic rings. The van der Waals surface area contributed by atoms with Gasteiger partial charge in [0.1, 0.15) is 5.75 Å². The van der Waals surface area contributed by atoms with Crippen molar-refractivity contribution in [2.45, 2.75) is 20.0 Å². The Kier molecular flexibility index (Phi) is 9.42. The van der Waals surface area contributed by atoms with Crippen LogP contribution in [0.1, 0.15) is 19.4 Å². The molecule has 0 heterocycles. The Balaban J connectivity index is 1.93. The predicted octanol–water partition coefficient (Wildman–Crippen LogP) is 3.86. The lowest BCUT2D eigenvalue weighted by molar-refractivity contribution is -0.145. The molecule has 0 bridgehead atoms. The quantitative estimate of drug-likeness (QED) is 0.323. The molecule has 1 amide bonds. The number of carbonyl (C=O) groups excluding carboxylic acids is 2. The molecule has 0 radical (unpaired) electrons. The Labute approximate surface area is 190 Å². The van der Waals surface area contributed by atoms with Gasteiger partial charge in [-0.15, -0.1) is 0 Å². The molecule has 2 aromatic carbocycles. The number of benzene rings is 2. The third-order valence-corrected chi connectivity index (χ3v) is 4.32. The largest absolute Gasteiger partial charge is 0.493 e. The number of esters is 1. The first-order valence-corrected chi connectivity index (χ1v) is 10.0. The van der Waals surface area contributed by atoms with Crippen LogP contribution in [0.2, 0.25) is 10.0 Å². The minimum atomic E-state index is -0.844. The van der Waals surface area contributed by atoms with E-state index in [0.29, 0.717) is 32.9 Å². The second-order valence-electron chi connectivity index (χ2n) is 6.07. The van der Waals surface area contributed by atoms with E-state index in [0.717, 1.165) is 0 Å². The summed E-state index contributed by atoms with van der Waals surface area (Å²) in [5.41, 5.74) is 3.03. The Morgan fingerprint density at radius 3 is 2.55 bits per heavy atom. The van der Waals surface area contributed by atoms with Crippen LogP contribution in [0.4, 0.5) is 0 Å². The maximum Gasteiger partial charge on any atom is 0.344 e. The van der Waals surface area contributed by atoms with Gasteiger partial charge in [-0.25, -0.2) is 10.2 Å². The average molecular weight is 469 g/mol. The molecule has 1 unspecified atom stereocenters. The fourth-order valence-corrected chi connectivity index (χ4v) is 2.75. The first-order chi connectivity index (χ1) is 14.8. The maximum atomic E-state index is 12.2. The molecule has 0 aliphatic heterocycles. The second-order valence-corrected chi connectivity index (χ2v) is 6.92. The molecule has 2 rings (SSSR count). The number of halogens is 2. The van der Waals surface area contributed by atoms with Crippen LogP contribution in [0.3, 0.4) is 0 Å². The molecule has 0 aliphatic rings. The lowest BCUT2D eigenvalue weighted by Crippen LogP contribution is -2.33. The Hall–Kier alpha value is -2.97. The molecule has 1 N–H and O–H groups in total. The molecule has 0 aliphatic carbocycles. The van der Waals surface area contributed by atoms with Crippen LogP contribution in [0.25, 0.3) is 0 Å². The smallest absolute Gasteiger partial charge is 0.344 e. The molecule has 31 heavy (non-hydrogen) atoms. The van der Waals surface area contributed by atoms with Crippen molar-refractivity contribution in [2.24, 2.45) is 5.10 Å². The van der Waals surface area contributed by atoms with Gasteiger partial charge in [0.25, 0.3) is 5.91 Å². The summed E-state index contributed by atoms with van der Waals surface area (Å²) in [6.07, 6.45) is 0.585. The van der Waals surface area contributed by atoms with E-state index in [9.17, 15) is 9.59 Å². The van der Waals surface area contributed by atoms with E-state index in [2.05, 4.69) is 10.5 Å². The molecule has 0 spiro atoms. The third-order valence-electron chi connectivity index (χ3n) is 3.79. The summed E-state index contributed by atoms with van der Waals surface area (Å²) < 4.78 is 21.0. The van der Waals surface area contributed by atoms with Crippen LogP contribution in [0, 0.1) is 0 Å². The highest BCUT2D eigenvalue weighted by molar-refractivity contribution is 6.35. The summed E-state index contributed by atoms with van der Waals surface area (Å²) in [5, 5.41) is 4.68. The van der Waals surface area contributed by atoms with Gasteiger partial charge in [-0.05, 0) is 55.8 Å². The molecule has 0 saturated carbocycles. The summed E-state index contributed by atoms with van der Waals surface area (Å²) in [7, 11) is 1.47. The van der Waals surface area contributed by atoms with E-state index < -0.39 is 18.0 Å². The van der Waals surface area contributed by atoms with Gasteiger partial charge in [-0.1, -0.05) is 23.2 Å². The number of carbonyl (C=O) groups is 2. The Morgan fingerprint density at radius 1 is 1.13 bits per heavy atom. The summed E-state index contributed by atoms with van der Waals surface area (Å²) in [6.45, 7) is 3.32. The number of hydrogen-bond acceptors (Lipinski definition) is 7. The predicted molar refractivity (Wildman–Crippen MR) is 117 cm³/mol. The van der Waals surface area contributed by atoms with Crippen LogP contribution >= 0.6 is 23.2 Å². The Morgan fingerprint density at radius 2 is 1.87 bits per heavy atom. The maximum absolute atomic E-state index is 12.2. The summed E-state index contributed by atoms with van der Waals surface area (Å²) in [6, 6.07) is 9.66. The van der Waals surface area contributed by atoms with Crippen molar-refractivity contribution in [3.8, 4) is 17.2 Å². The van der Waals surface area contributed by atoms with E-state index in [4.69, 9.17) is 42.1 Å². The van der Waals surface area contributed by atoms with Gasteiger partial charge < -0.3 is 18.9 Å². The summed E-state index contributed by atoms with van der Waals surface area (Å²) in [4.78, 5) is 23.6. The molecular weight excluding hydrogens is 447 g/mol. The molecule has 166 valence electrons. The normalized spacial score (nSPS) is 11.6. The van der Waals surface area contributed by atoms with E-state index in [1.807, 2.05) is 0 Å². The van der Waals surface area contributed by atoms with Crippen LogP contribution in [-0.2, 0) is 14.3 Å². The zero-order chi connectivity index (χ0) is 22.8. The van der Waals surface area contributed by atoms with Crippen molar-refractivity contribution in [3.63, 3.8) is 0 Å². The minimum absolute atomic E-state index is 0.233. The summed E-state index contributed by atoms with van der Waals surface area (Å²) in [5.74, 6) is 0.158. The lowest BCUT2D eigenvalue weighted by Gasteiger charge is -2.14. The molecule has 10 heteroatoms. The number of amides is 1. The van der Waals surface area contributed by atoms with Gasteiger partial charge in [-0.2, -0.15) is 5.10 Å². The number of hydrogen-bond donors (Lipinski definition) is 1. The zero-order valence-electron chi connectivity index (χ0n) is 17.2. The minimum Gasteiger partial charge on any atom is -0.493 e. The number of methoxy groups -OCH3 is 1. The van der Waals surface area contributed by atoms with Crippen LogP contribution in [0.5, 0.6) is 17.2 Å². The van der Waals surface area contributed by atoms with Crippen molar-refractivity contribution >= 4 is 41.3 Å². The number of rotatable bonds is 10. The van der Waals surface area contributed by atoms with Gasteiger partial charge >= 0.3 is 5.97 Å². The first kappa shape index (κ1) is 24.3. The van der Waals surface area contributed by atoms with Gasteiger partial charge in [0, 0.05) is 5.02 Å². The van der Waals surface area contributed by atoms with Crippen molar-refractivity contribution in [1.82, 2.24) is 5.43 Å². The van der Waals surface area contributed by atoms with Gasteiger partial charge in [0.05, 0.1) is 25.0 Å². The lowest BCUT2D eigenvalue weighted by atomic mass is 10.2. The van der Waals surface area contributed by atoms with Crippen molar-refractivity contribution in [1.29, 1.82) is 0 Å². The SMILES string of the molecule is CCOC(=O)COc1ccc(/C=N/NC(=O)C(C)Oc2ccc(Cl)cc2Cl)cc1OC. The number of hydrazone groups is 1. The zero-order valence-corrected chi connectivity index (χ0v) is 18.7. The van der Waals surface area contributed by atoms with Gasteiger partial charge in [0.2, 0.25) is 0 Å². The van der Waals surface area contributed by atoms with Crippen LogP contribution in [0.15, 0.2) is 41.5 Å². The third kappa shape index (κ3) is 7.66. The monoisotopic (exact) mass is 468 g/mol. The molecule has 0 fully saturated rings. The highest BCUT2D eigenvalue weighted by Crippen LogP contribution is 2.29. The van der Waals surface area contributed by atoms with Crippen molar-refractivity contribution in [3.05, 3.63) is 52.0 Å². The number of nitrogens with zero attached hydrogens (tertiary/aromatic N) is 1. The van der Waals surface area contributed by atoms with Gasteiger partial charge in [-0.3, -0.25) is 4.79 Å². The summed E-state index contributed by atoms with van der Waals surface area (Å²) >= 11 is 11.9. The topological polar surface area (TPSA) is 95.5 Å². The van der Waals surface area contributed by atoms with E-state index in [1.165, 1.54) is 19.4 Å². The molecule has 1 atom stereocenters. The van der Waals surface area contributed by atoms with Crippen LogP contribution in [-0.4, -0.2) is 44.5 Å². The fourth-order valence-electron chi connectivity index (χ4n) is 2.30. The van der Waals surface area contributed by atoms with E-state index in [1.54, 1.807) is 44.2 Å². The molecular formula is C21H22Cl2N2O6. The Bertz CT molecular complexity index is 951. The number of nitrogens with one attached hydrogen (secondary N) is 1. The first-order valence-electron chi connectivity index (χ1n) is 9.25. The highest BCUT2D eigenvalue weighted by atomic mass is 35.5.